The standard InChI is InChI=1S/C15H17FN4OS.ClH/c16-12-3-1-11(2-4-12)14(21)20-7-5-19(6-8-20)10-13-9-18-15(17)22-13;/h1-4,9H,5-8,10H2,(H2,17,18);1H. The first-order valence-electron chi connectivity index (χ1n) is 7.09. The fourth-order valence-corrected chi connectivity index (χ4v) is 3.23. The molecule has 1 aromatic carbocycles. The third-order valence-electron chi connectivity index (χ3n) is 3.70. The summed E-state index contributed by atoms with van der Waals surface area (Å²) in [7, 11) is 0. The maximum atomic E-state index is 12.9. The molecular formula is C15H18ClFN4OS. The van der Waals surface area contributed by atoms with Gasteiger partial charge in [0.1, 0.15) is 5.82 Å². The number of nitrogen functional groups attached to an aromatic ring is 1. The Kier molecular flexibility index (Phi) is 5.92. The second-order valence-electron chi connectivity index (χ2n) is 5.24. The van der Waals surface area contributed by atoms with Gasteiger partial charge in [0.2, 0.25) is 0 Å². The van der Waals surface area contributed by atoms with Crippen LogP contribution >= 0.6 is 23.7 Å². The normalized spacial score (nSPS) is 15.3. The molecule has 1 aliphatic rings. The first kappa shape index (κ1) is 17.7. The molecule has 124 valence electrons. The van der Waals surface area contributed by atoms with E-state index in [9.17, 15) is 9.18 Å². The van der Waals surface area contributed by atoms with Crippen molar-refractivity contribution in [1.29, 1.82) is 0 Å². The molecule has 2 heterocycles. The molecule has 2 N–H and O–H groups in total. The number of aromatic nitrogens is 1. The lowest BCUT2D eigenvalue weighted by molar-refractivity contribution is 0.0629. The number of hydrogen-bond acceptors (Lipinski definition) is 5. The molecule has 1 aromatic heterocycles. The minimum Gasteiger partial charge on any atom is -0.375 e. The van der Waals surface area contributed by atoms with Gasteiger partial charge in [-0.2, -0.15) is 0 Å². The molecule has 0 spiro atoms. The van der Waals surface area contributed by atoms with Crippen molar-refractivity contribution in [2.45, 2.75) is 6.54 Å². The average molecular weight is 357 g/mol. The van der Waals surface area contributed by atoms with Crippen molar-refractivity contribution in [2.75, 3.05) is 31.9 Å². The lowest BCUT2D eigenvalue weighted by atomic mass is 10.2. The zero-order chi connectivity index (χ0) is 15.5. The summed E-state index contributed by atoms with van der Waals surface area (Å²) in [6.45, 7) is 3.78. The van der Waals surface area contributed by atoms with E-state index in [2.05, 4.69) is 9.88 Å². The van der Waals surface area contributed by atoms with Gasteiger partial charge in [0.15, 0.2) is 5.13 Å². The lowest BCUT2D eigenvalue weighted by Gasteiger charge is -2.34. The highest BCUT2D eigenvalue weighted by molar-refractivity contribution is 7.15. The highest BCUT2D eigenvalue weighted by atomic mass is 35.5. The monoisotopic (exact) mass is 356 g/mol. The summed E-state index contributed by atoms with van der Waals surface area (Å²) in [6.07, 6.45) is 1.80. The summed E-state index contributed by atoms with van der Waals surface area (Å²) in [6, 6.07) is 5.70. The molecule has 2 aromatic rings. The van der Waals surface area contributed by atoms with Gasteiger partial charge in [-0.3, -0.25) is 9.69 Å². The Bertz CT molecular complexity index is 656. The summed E-state index contributed by atoms with van der Waals surface area (Å²) in [5.74, 6) is -0.369. The fourth-order valence-electron chi connectivity index (χ4n) is 2.50. The molecule has 0 radical (unpaired) electrons. The number of anilines is 1. The highest BCUT2D eigenvalue weighted by Crippen LogP contribution is 2.18. The number of halogens is 2. The van der Waals surface area contributed by atoms with E-state index >= 15 is 0 Å². The van der Waals surface area contributed by atoms with Crippen LogP contribution in [0.15, 0.2) is 30.5 Å². The van der Waals surface area contributed by atoms with Gasteiger partial charge in [-0.05, 0) is 24.3 Å². The predicted molar refractivity (Wildman–Crippen MR) is 91.4 cm³/mol. The number of carbonyl (C=O) groups is 1. The van der Waals surface area contributed by atoms with Crippen molar-refractivity contribution in [3.8, 4) is 0 Å². The number of rotatable bonds is 3. The molecule has 1 aliphatic heterocycles. The summed E-state index contributed by atoms with van der Waals surface area (Å²) in [5.41, 5.74) is 6.16. The molecule has 0 atom stereocenters. The summed E-state index contributed by atoms with van der Waals surface area (Å²) < 4.78 is 12.9. The zero-order valence-corrected chi connectivity index (χ0v) is 14.1. The van der Waals surface area contributed by atoms with Gasteiger partial charge in [-0.1, -0.05) is 0 Å². The number of hydrogen-bond donors (Lipinski definition) is 1. The molecule has 0 saturated carbocycles. The number of nitrogens with zero attached hydrogens (tertiary/aromatic N) is 3. The Labute approximate surface area is 144 Å². The van der Waals surface area contributed by atoms with Crippen LogP contribution in [0.5, 0.6) is 0 Å². The maximum Gasteiger partial charge on any atom is 0.253 e. The van der Waals surface area contributed by atoms with Crippen molar-refractivity contribution in [3.05, 3.63) is 46.7 Å². The van der Waals surface area contributed by atoms with Gasteiger partial charge in [0, 0.05) is 49.4 Å². The van der Waals surface area contributed by atoms with Crippen LogP contribution in [0.4, 0.5) is 9.52 Å². The number of piperazine rings is 1. The van der Waals surface area contributed by atoms with E-state index in [1.165, 1.54) is 35.6 Å². The van der Waals surface area contributed by atoms with E-state index in [1.807, 2.05) is 4.90 Å². The molecule has 0 bridgehead atoms. The molecule has 0 aliphatic carbocycles. The van der Waals surface area contributed by atoms with E-state index in [-0.39, 0.29) is 24.1 Å². The SMILES string of the molecule is Cl.Nc1ncc(CN2CCN(C(=O)c3ccc(F)cc3)CC2)s1. The van der Waals surface area contributed by atoms with Crippen LogP contribution in [0.3, 0.4) is 0 Å². The third kappa shape index (κ3) is 4.40. The number of thiazole rings is 1. The van der Waals surface area contributed by atoms with E-state index < -0.39 is 0 Å². The Balaban J connectivity index is 0.00000192. The second kappa shape index (κ2) is 7.72. The number of benzene rings is 1. The summed E-state index contributed by atoms with van der Waals surface area (Å²) >= 11 is 1.50. The average Bonchev–Trinajstić information content (AvgIpc) is 2.93. The topological polar surface area (TPSA) is 62.5 Å². The van der Waals surface area contributed by atoms with Gasteiger partial charge in [0.25, 0.3) is 5.91 Å². The lowest BCUT2D eigenvalue weighted by Crippen LogP contribution is -2.48. The van der Waals surface area contributed by atoms with Crippen molar-refractivity contribution in [3.63, 3.8) is 0 Å². The van der Waals surface area contributed by atoms with E-state index in [4.69, 9.17) is 5.73 Å². The largest absolute Gasteiger partial charge is 0.375 e. The van der Waals surface area contributed by atoms with Crippen LogP contribution in [0.2, 0.25) is 0 Å². The quantitative estimate of drug-likeness (QED) is 0.916. The second-order valence-corrected chi connectivity index (χ2v) is 6.39. The summed E-state index contributed by atoms with van der Waals surface area (Å²) in [4.78, 5) is 21.6. The van der Waals surface area contributed by atoms with Crippen LogP contribution in [0.25, 0.3) is 0 Å². The molecule has 0 unspecified atom stereocenters. The molecule has 1 amide bonds. The Hall–Kier alpha value is -1.70. The van der Waals surface area contributed by atoms with Gasteiger partial charge in [0.05, 0.1) is 0 Å². The molecule has 1 saturated heterocycles. The minimum atomic E-state index is -0.329. The summed E-state index contributed by atoms with van der Waals surface area (Å²) in [5, 5.41) is 0.583. The predicted octanol–water partition coefficient (Wildman–Crippen LogP) is 2.24. The van der Waals surface area contributed by atoms with Gasteiger partial charge in [-0.25, -0.2) is 9.37 Å². The van der Waals surface area contributed by atoms with Gasteiger partial charge >= 0.3 is 0 Å². The van der Waals surface area contributed by atoms with E-state index in [0.717, 1.165) is 24.5 Å². The van der Waals surface area contributed by atoms with E-state index in [1.54, 1.807) is 6.20 Å². The molecule has 5 nitrogen and oxygen atoms in total. The Morgan fingerprint density at radius 3 is 2.43 bits per heavy atom. The first-order valence-corrected chi connectivity index (χ1v) is 7.91. The van der Waals surface area contributed by atoms with Crippen LogP contribution in [0.1, 0.15) is 15.2 Å². The molecule has 8 heteroatoms. The van der Waals surface area contributed by atoms with Gasteiger partial charge < -0.3 is 10.6 Å². The van der Waals surface area contributed by atoms with Crippen molar-refractivity contribution >= 4 is 34.8 Å². The van der Waals surface area contributed by atoms with Crippen LogP contribution in [-0.4, -0.2) is 46.9 Å². The van der Waals surface area contributed by atoms with Gasteiger partial charge in [-0.15, -0.1) is 23.7 Å². The van der Waals surface area contributed by atoms with Crippen molar-refractivity contribution in [1.82, 2.24) is 14.8 Å². The molecule has 23 heavy (non-hydrogen) atoms. The zero-order valence-electron chi connectivity index (χ0n) is 12.4. The number of amides is 1. The van der Waals surface area contributed by atoms with Crippen LogP contribution in [0, 0.1) is 5.82 Å². The van der Waals surface area contributed by atoms with Crippen LogP contribution < -0.4 is 5.73 Å². The highest BCUT2D eigenvalue weighted by Gasteiger charge is 2.22. The molecule has 3 rings (SSSR count). The van der Waals surface area contributed by atoms with Crippen molar-refractivity contribution < 1.29 is 9.18 Å². The molecule has 1 fully saturated rings. The smallest absolute Gasteiger partial charge is 0.253 e. The van der Waals surface area contributed by atoms with E-state index in [0.29, 0.717) is 23.8 Å². The Morgan fingerprint density at radius 1 is 1.22 bits per heavy atom. The number of carbonyl (C=O) groups excluding carboxylic acids is 1. The first-order chi connectivity index (χ1) is 10.6. The Morgan fingerprint density at radius 2 is 1.87 bits per heavy atom. The fraction of sp³-hybridized carbons (Fsp3) is 0.333. The molecular weight excluding hydrogens is 339 g/mol. The maximum absolute atomic E-state index is 12.9. The minimum absolute atomic E-state index is 0. The third-order valence-corrected chi connectivity index (χ3v) is 4.51. The van der Waals surface area contributed by atoms with Crippen molar-refractivity contribution in [2.24, 2.45) is 0 Å². The van der Waals surface area contributed by atoms with Crippen LogP contribution in [-0.2, 0) is 6.54 Å². The number of nitrogens with two attached hydrogens (primary N) is 1.